The van der Waals surface area contributed by atoms with E-state index in [2.05, 4.69) is 15.1 Å². The molecule has 1 fully saturated rings. The van der Waals surface area contributed by atoms with Crippen LogP contribution in [0.25, 0.3) is 11.3 Å². The molecule has 0 atom stereocenters. The molecule has 0 spiro atoms. The van der Waals surface area contributed by atoms with Crippen LogP contribution in [0.4, 0.5) is 5.82 Å². The lowest BCUT2D eigenvalue weighted by Crippen LogP contribution is -2.50. The van der Waals surface area contributed by atoms with Gasteiger partial charge in [0.1, 0.15) is 5.75 Å². The molecule has 4 rings (SSSR count). The van der Waals surface area contributed by atoms with Crippen LogP contribution in [0.5, 0.6) is 5.75 Å². The number of nitrogens with zero attached hydrogens (tertiary/aromatic N) is 4. The Morgan fingerprint density at radius 3 is 2.33 bits per heavy atom. The van der Waals surface area contributed by atoms with Gasteiger partial charge in [-0.25, -0.2) is 0 Å². The van der Waals surface area contributed by atoms with Crippen LogP contribution in [-0.2, 0) is 4.79 Å². The summed E-state index contributed by atoms with van der Waals surface area (Å²) in [7, 11) is 0. The van der Waals surface area contributed by atoms with Crippen molar-refractivity contribution in [3.05, 3.63) is 70.7 Å². The fourth-order valence-electron chi connectivity index (χ4n) is 3.25. The highest BCUT2D eigenvalue weighted by Crippen LogP contribution is 2.21. The molecule has 0 bridgehead atoms. The monoisotopic (exact) mass is 442 g/mol. The van der Waals surface area contributed by atoms with Gasteiger partial charge in [0, 0.05) is 41.8 Å². The molecule has 2 aromatic carbocycles. The van der Waals surface area contributed by atoms with Gasteiger partial charge in [-0.05, 0) is 42.5 Å². The van der Waals surface area contributed by atoms with Crippen LogP contribution in [0.1, 0.15) is 0 Å². The maximum absolute atomic E-state index is 12.4. The molecule has 1 saturated heterocycles. The first-order valence-corrected chi connectivity index (χ1v) is 10.3. The molecule has 1 aromatic heterocycles. The Hall–Kier alpha value is -2.83. The van der Waals surface area contributed by atoms with Crippen molar-refractivity contribution < 1.29 is 9.53 Å². The first-order valence-electron chi connectivity index (χ1n) is 9.59. The quantitative estimate of drug-likeness (QED) is 0.592. The maximum Gasteiger partial charge on any atom is 0.260 e. The van der Waals surface area contributed by atoms with Gasteiger partial charge in [-0.15, -0.1) is 10.2 Å². The molecule has 154 valence electrons. The van der Waals surface area contributed by atoms with Crippen LogP contribution < -0.4 is 9.64 Å². The summed E-state index contributed by atoms with van der Waals surface area (Å²) in [6.07, 6.45) is 0. The summed E-state index contributed by atoms with van der Waals surface area (Å²) in [6.45, 7) is 2.60. The lowest BCUT2D eigenvalue weighted by molar-refractivity contribution is -0.133. The average molecular weight is 443 g/mol. The van der Waals surface area contributed by atoms with Crippen molar-refractivity contribution >= 4 is 34.9 Å². The number of carbonyl (C=O) groups is 1. The average Bonchev–Trinajstić information content (AvgIpc) is 2.78. The van der Waals surface area contributed by atoms with Crippen LogP contribution in [0.2, 0.25) is 10.0 Å². The standard InChI is InChI=1S/C22H20Cl2N4O2/c23-17-6-4-16(5-7-17)20-8-9-21(26-25-20)27-10-12-28(13-11-27)22(29)15-30-19-3-1-2-18(24)14-19/h1-9,14H,10-13,15H2. The van der Waals surface area contributed by atoms with Gasteiger partial charge < -0.3 is 14.5 Å². The third-order valence-corrected chi connectivity index (χ3v) is 5.39. The summed E-state index contributed by atoms with van der Waals surface area (Å²) in [6, 6.07) is 18.4. The molecule has 3 aromatic rings. The van der Waals surface area contributed by atoms with Crippen molar-refractivity contribution in [3.8, 4) is 17.0 Å². The third kappa shape index (κ3) is 5.01. The number of rotatable bonds is 5. The highest BCUT2D eigenvalue weighted by Gasteiger charge is 2.22. The minimum Gasteiger partial charge on any atom is -0.484 e. The van der Waals surface area contributed by atoms with Gasteiger partial charge in [-0.3, -0.25) is 4.79 Å². The van der Waals surface area contributed by atoms with E-state index in [4.69, 9.17) is 27.9 Å². The lowest BCUT2D eigenvalue weighted by Gasteiger charge is -2.35. The molecule has 0 N–H and O–H groups in total. The zero-order valence-electron chi connectivity index (χ0n) is 16.2. The highest BCUT2D eigenvalue weighted by atomic mass is 35.5. The Balaban J connectivity index is 1.29. The zero-order valence-corrected chi connectivity index (χ0v) is 17.7. The number of carbonyl (C=O) groups excluding carboxylic acids is 1. The largest absolute Gasteiger partial charge is 0.484 e. The normalized spacial score (nSPS) is 13.9. The van der Waals surface area contributed by atoms with Crippen LogP contribution in [-0.4, -0.2) is 53.8 Å². The minimum absolute atomic E-state index is 0.00403. The van der Waals surface area contributed by atoms with Crippen LogP contribution in [0.15, 0.2) is 60.7 Å². The van der Waals surface area contributed by atoms with E-state index in [1.165, 1.54) is 0 Å². The SMILES string of the molecule is O=C(COc1cccc(Cl)c1)N1CCN(c2ccc(-c3ccc(Cl)cc3)nn2)CC1. The van der Waals surface area contributed by atoms with Crippen LogP contribution in [0.3, 0.4) is 0 Å². The number of halogens is 2. The van der Waals surface area contributed by atoms with E-state index >= 15 is 0 Å². The van der Waals surface area contributed by atoms with Crippen molar-refractivity contribution in [2.24, 2.45) is 0 Å². The molecular formula is C22H20Cl2N4O2. The molecule has 0 radical (unpaired) electrons. The molecule has 1 amide bonds. The first kappa shape index (κ1) is 20.4. The number of benzene rings is 2. The number of hydrogen-bond acceptors (Lipinski definition) is 5. The second kappa shape index (κ2) is 9.32. The van der Waals surface area contributed by atoms with Gasteiger partial charge in [0.2, 0.25) is 0 Å². The van der Waals surface area contributed by atoms with Gasteiger partial charge in [0.05, 0.1) is 5.69 Å². The third-order valence-electron chi connectivity index (χ3n) is 4.91. The summed E-state index contributed by atoms with van der Waals surface area (Å²) in [5.74, 6) is 1.35. The van der Waals surface area contributed by atoms with E-state index in [0.29, 0.717) is 42.0 Å². The number of hydrogen-bond donors (Lipinski definition) is 0. The summed E-state index contributed by atoms with van der Waals surface area (Å²) < 4.78 is 5.56. The summed E-state index contributed by atoms with van der Waals surface area (Å²) in [4.78, 5) is 16.4. The van der Waals surface area contributed by atoms with Gasteiger partial charge in [0.15, 0.2) is 12.4 Å². The molecule has 0 saturated carbocycles. The van der Waals surface area contributed by atoms with Crippen molar-refractivity contribution in [1.29, 1.82) is 0 Å². The number of aromatic nitrogens is 2. The fourth-order valence-corrected chi connectivity index (χ4v) is 3.55. The van der Waals surface area contributed by atoms with Gasteiger partial charge in [-0.1, -0.05) is 41.4 Å². The molecule has 1 aliphatic heterocycles. The summed E-state index contributed by atoms with van der Waals surface area (Å²) >= 11 is 11.9. The van der Waals surface area contributed by atoms with Gasteiger partial charge in [0.25, 0.3) is 5.91 Å². The molecule has 6 nitrogen and oxygen atoms in total. The van der Waals surface area contributed by atoms with Gasteiger partial charge in [-0.2, -0.15) is 0 Å². The Bertz CT molecular complexity index is 1000. The Labute approximate surface area is 185 Å². The number of anilines is 1. The van der Waals surface area contributed by atoms with E-state index < -0.39 is 0 Å². The van der Waals surface area contributed by atoms with Crippen LogP contribution in [0, 0.1) is 0 Å². The number of piperazine rings is 1. The number of amides is 1. The van der Waals surface area contributed by atoms with E-state index in [-0.39, 0.29) is 12.5 Å². The van der Waals surface area contributed by atoms with E-state index in [1.807, 2.05) is 36.4 Å². The molecule has 0 aliphatic carbocycles. The summed E-state index contributed by atoms with van der Waals surface area (Å²) in [5, 5.41) is 9.96. The predicted molar refractivity (Wildman–Crippen MR) is 118 cm³/mol. The van der Waals surface area contributed by atoms with Gasteiger partial charge >= 0.3 is 0 Å². The lowest BCUT2D eigenvalue weighted by atomic mass is 10.1. The fraction of sp³-hybridized carbons (Fsp3) is 0.227. The summed E-state index contributed by atoms with van der Waals surface area (Å²) in [5.41, 5.74) is 1.76. The highest BCUT2D eigenvalue weighted by molar-refractivity contribution is 6.30. The zero-order chi connectivity index (χ0) is 20.9. The Kier molecular flexibility index (Phi) is 6.35. The second-order valence-electron chi connectivity index (χ2n) is 6.90. The second-order valence-corrected chi connectivity index (χ2v) is 7.77. The smallest absolute Gasteiger partial charge is 0.260 e. The number of ether oxygens (including phenoxy) is 1. The van der Waals surface area contributed by atoms with Crippen molar-refractivity contribution in [2.45, 2.75) is 0 Å². The molecule has 1 aliphatic rings. The first-order chi connectivity index (χ1) is 14.6. The van der Waals surface area contributed by atoms with E-state index in [1.54, 1.807) is 29.2 Å². The maximum atomic E-state index is 12.4. The van der Waals surface area contributed by atoms with Crippen molar-refractivity contribution in [3.63, 3.8) is 0 Å². The molecule has 30 heavy (non-hydrogen) atoms. The molecular weight excluding hydrogens is 423 g/mol. The predicted octanol–water partition coefficient (Wildman–Crippen LogP) is 4.18. The van der Waals surface area contributed by atoms with E-state index in [0.717, 1.165) is 17.1 Å². The molecule has 0 unspecified atom stereocenters. The Morgan fingerprint density at radius 2 is 1.67 bits per heavy atom. The Morgan fingerprint density at radius 1 is 0.900 bits per heavy atom. The van der Waals surface area contributed by atoms with Crippen molar-refractivity contribution in [1.82, 2.24) is 15.1 Å². The molecule has 2 heterocycles. The topological polar surface area (TPSA) is 58.6 Å². The molecule has 8 heteroatoms. The van der Waals surface area contributed by atoms with E-state index in [9.17, 15) is 4.79 Å². The minimum atomic E-state index is -0.0428. The van der Waals surface area contributed by atoms with Crippen molar-refractivity contribution in [2.75, 3.05) is 37.7 Å². The van der Waals surface area contributed by atoms with Crippen LogP contribution >= 0.6 is 23.2 Å².